The first kappa shape index (κ1) is 12.3. The van der Waals surface area contributed by atoms with E-state index in [1.165, 1.54) is 11.8 Å². The second-order valence-corrected chi connectivity index (χ2v) is 5.25. The molecule has 0 saturated heterocycles. The van der Waals surface area contributed by atoms with Crippen molar-refractivity contribution in [2.24, 2.45) is 0 Å². The highest BCUT2D eigenvalue weighted by Crippen LogP contribution is 2.39. The number of nitriles is 2. The van der Waals surface area contributed by atoms with Gasteiger partial charge in [0.25, 0.3) is 5.91 Å². The zero-order valence-electron chi connectivity index (χ0n) is 10.2. The topological polar surface area (TPSA) is 76.7 Å². The molecule has 0 saturated carbocycles. The fraction of sp³-hybridized carbons (Fsp3) is 0. The van der Waals surface area contributed by atoms with Crippen molar-refractivity contribution in [3.05, 3.63) is 53.1 Å². The van der Waals surface area contributed by atoms with Gasteiger partial charge in [-0.25, -0.2) is 0 Å². The van der Waals surface area contributed by atoms with Crippen LogP contribution in [0.3, 0.4) is 0 Å². The van der Waals surface area contributed by atoms with Gasteiger partial charge in [0.15, 0.2) is 0 Å². The predicted octanol–water partition coefficient (Wildman–Crippen LogP) is 3.15. The highest BCUT2D eigenvalue weighted by Gasteiger charge is 2.21. The number of nitrogens with zero attached hydrogens (tertiary/aromatic N) is 2. The first-order valence-corrected chi connectivity index (χ1v) is 6.61. The molecule has 0 aromatic heterocycles. The summed E-state index contributed by atoms with van der Waals surface area (Å²) in [6, 6.07) is 14.4. The van der Waals surface area contributed by atoms with Gasteiger partial charge in [0.05, 0.1) is 22.4 Å². The molecule has 0 unspecified atom stereocenters. The number of anilines is 1. The van der Waals surface area contributed by atoms with Crippen molar-refractivity contribution in [1.29, 1.82) is 10.5 Å². The summed E-state index contributed by atoms with van der Waals surface area (Å²) in [7, 11) is 0. The van der Waals surface area contributed by atoms with Crippen molar-refractivity contribution in [2.75, 3.05) is 5.32 Å². The molecule has 0 bridgehead atoms. The lowest BCUT2D eigenvalue weighted by atomic mass is 10.1. The quantitative estimate of drug-likeness (QED) is 0.802. The smallest absolute Gasteiger partial charge is 0.256 e. The van der Waals surface area contributed by atoms with Crippen LogP contribution in [0.25, 0.3) is 0 Å². The van der Waals surface area contributed by atoms with Crippen molar-refractivity contribution < 1.29 is 4.79 Å². The number of carbonyl (C=O) groups excluding carboxylic acids is 1. The van der Waals surface area contributed by atoms with E-state index >= 15 is 0 Å². The van der Waals surface area contributed by atoms with E-state index in [2.05, 4.69) is 5.32 Å². The normalized spacial score (nSPS) is 12.2. The average molecular weight is 277 g/mol. The monoisotopic (exact) mass is 277 g/mol. The molecule has 1 N–H and O–H groups in total. The highest BCUT2D eigenvalue weighted by atomic mass is 32.2. The second kappa shape index (κ2) is 4.73. The highest BCUT2D eigenvalue weighted by molar-refractivity contribution is 7.99. The van der Waals surface area contributed by atoms with Crippen LogP contribution in [-0.4, -0.2) is 5.91 Å². The molecule has 3 rings (SSSR count). The summed E-state index contributed by atoms with van der Waals surface area (Å²) >= 11 is 1.41. The molecule has 5 heteroatoms. The van der Waals surface area contributed by atoms with Gasteiger partial charge >= 0.3 is 0 Å². The van der Waals surface area contributed by atoms with Crippen LogP contribution in [0.5, 0.6) is 0 Å². The minimum atomic E-state index is -0.208. The number of amides is 1. The van der Waals surface area contributed by atoms with Crippen molar-refractivity contribution in [3.63, 3.8) is 0 Å². The van der Waals surface area contributed by atoms with Crippen LogP contribution in [0, 0.1) is 22.7 Å². The number of hydrogen-bond acceptors (Lipinski definition) is 4. The molecule has 4 nitrogen and oxygen atoms in total. The summed E-state index contributed by atoms with van der Waals surface area (Å²) in [5.41, 5.74) is 1.72. The van der Waals surface area contributed by atoms with Crippen molar-refractivity contribution in [3.8, 4) is 12.1 Å². The van der Waals surface area contributed by atoms with Crippen molar-refractivity contribution >= 4 is 23.4 Å². The number of rotatable bonds is 0. The zero-order valence-corrected chi connectivity index (χ0v) is 11.0. The van der Waals surface area contributed by atoms with E-state index < -0.39 is 0 Å². The van der Waals surface area contributed by atoms with Gasteiger partial charge in [0.2, 0.25) is 0 Å². The van der Waals surface area contributed by atoms with Crippen LogP contribution in [0.1, 0.15) is 21.5 Å². The first-order chi connectivity index (χ1) is 9.72. The minimum Gasteiger partial charge on any atom is -0.321 e. The van der Waals surface area contributed by atoms with Gasteiger partial charge in [-0.05, 0) is 24.3 Å². The zero-order chi connectivity index (χ0) is 14.1. The van der Waals surface area contributed by atoms with Gasteiger partial charge in [-0.3, -0.25) is 4.79 Å². The molecule has 0 aliphatic carbocycles. The number of nitrogens with one attached hydrogen (secondary N) is 1. The molecule has 1 aliphatic heterocycles. The Morgan fingerprint density at radius 3 is 2.45 bits per heavy atom. The van der Waals surface area contributed by atoms with Crippen LogP contribution in [0.2, 0.25) is 0 Å². The number of fused-ring (bicyclic) bond motifs is 2. The summed E-state index contributed by atoms with van der Waals surface area (Å²) in [5.74, 6) is -0.208. The summed E-state index contributed by atoms with van der Waals surface area (Å²) in [6.45, 7) is 0. The molecular weight excluding hydrogens is 270 g/mol. The molecule has 0 atom stereocenters. The molecule has 0 radical (unpaired) electrons. The summed E-state index contributed by atoms with van der Waals surface area (Å²) in [5, 5.41) is 20.9. The Bertz CT molecular complexity index is 815. The van der Waals surface area contributed by atoms with E-state index in [9.17, 15) is 4.79 Å². The van der Waals surface area contributed by atoms with Crippen molar-refractivity contribution in [2.45, 2.75) is 9.79 Å². The standard InChI is InChI=1S/C15H7N3OS/c16-7-9-5-12-14(6-10(9)8-17)20-13-4-2-1-3-11(13)15(19)18-12/h1-6H,(H,18,19). The van der Waals surface area contributed by atoms with Gasteiger partial charge in [-0.2, -0.15) is 10.5 Å². The third kappa shape index (κ3) is 1.91. The molecule has 20 heavy (non-hydrogen) atoms. The Morgan fingerprint density at radius 1 is 1.00 bits per heavy atom. The number of hydrogen-bond donors (Lipinski definition) is 1. The average Bonchev–Trinajstić information content (AvgIpc) is 2.61. The lowest BCUT2D eigenvalue weighted by molar-refractivity contribution is 0.102. The van der Waals surface area contributed by atoms with E-state index in [1.807, 2.05) is 24.3 Å². The summed E-state index contributed by atoms with van der Waals surface area (Å²) in [6.07, 6.45) is 0. The van der Waals surface area contributed by atoms with Gasteiger partial charge < -0.3 is 5.32 Å². The molecule has 2 aromatic rings. The maximum Gasteiger partial charge on any atom is 0.256 e. The van der Waals surface area contributed by atoms with E-state index in [1.54, 1.807) is 24.3 Å². The molecule has 1 amide bonds. The maximum atomic E-state index is 12.1. The Hall–Kier alpha value is -2.76. The lowest BCUT2D eigenvalue weighted by Crippen LogP contribution is -2.11. The molecule has 94 valence electrons. The molecule has 1 heterocycles. The minimum absolute atomic E-state index is 0.208. The van der Waals surface area contributed by atoms with Gasteiger partial charge in [0.1, 0.15) is 12.1 Å². The molecule has 2 aromatic carbocycles. The van der Waals surface area contributed by atoms with Crippen LogP contribution >= 0.6 is 11.8 Å². The van der Waals surface area contributed by atoms with E-state index in [0.717, 1.165) is 9.79 Å². The largest absolute Gasteiger partial charge is 0.321 e. The molecule has 0 fully saturated rings. The van der Waals surface area contributed by atoms with Crippen LogP contribution < -0.4 is 5.32 Å². The van der Waals surface area contributed by atoms with Crippen molar-refractivity contribution in [1.82, 2.24) is 0 Å². The van der Waals surface area contributed by atoms with E-state index in [-0.39, 0.29) is 11.5 Å². The van der Waals surface area contributed by atoms with Crippen LogP contribution in [0.15, 0.2) is 46.2 Å². The maximum absolute atomic E-state index is 12.1. The third-order valence-corrected chi connectivity index (χ3v) is 4.09. The summed E-state index contributed by atoms with van der Waals surface area (Å²) in [4.78, 5) is 13.7. The Morgan fingerprint density at radius 2 is 1.70 bits per heavy atom. The molecular formula is C15H7N3OS. The van der Waals surface area contributed by atoms with Crippen LogP contribution in [0.4, 0.5) is 5.69 Å². The number of carbonyl (C=O) groups is 1. The fourth-order valence-corrected chi connectivity index (χ4v) is 3.05. The molecule has 0 spiro atoms. The second-order valence-electron chi connectivity index (χ2n) is 4.17. The molecule has 1 aliphatic rings. The third-order valence-electron chi connectivity index (χ3n) is 2.96. The SMILES string of the molecule is N#Cc1cc2c(cc1C#N)Sc1ccccc1C(=O)N2. The van der Waals surface area contributed by atoms with Crippen LogP contribution in [-0.2, 0) is 0 Å². The van der Waals surface area contributed by atoms with Gasteiger partial charge in [-0.15, -0.1) is 0 Å². The summed E-state index contributed by atoms with van der Waals surface area (Å²) < 4.78 is 0. The Kier molecular flexibility index (Phi) is 2.90. The van der Waals surface area contributed by atoms with Gasteiger partial charge in [-0.1, -0.05) is 23.9 Å². The number of benzene rings is 2. The predicted molar refractivity (Wildman–Crippen MR) is 74.4 cm³/mol. The lowest BCUT2D eigenvalue weighted by Gasteiger charge is -2.07. The van der Waals surface area contributed by atoms with E-state index in [4.69, 9.17) is 10.5 Å². The van der Waals surface area contributed by atoms with Gasteiger partial charge in [0, 0.05) is 9.79 Å². The fourth-order valence-electron chi connectivity index (χ4n) is 2.00. The van der Waals surface area contributed by atoms with E-state index in [0.29, 0.717) is 16.8 Å². The Balaban J connectivity index is 2.21. The Labute approximate surface area is 119 Å². The first-order valence-electron chi connectivity index (χ1n) is 5.79.